The lowest BCUT2D eigenvalue weighted by atomic mass is 9.99. The third-order valence-corrected chi connectivity index (χ3v) is 3.40. The molecule has 0 aromatic heterocycles. The molecule has 1 aromatic carbocycles. The summed E-state index contributed by atoms with van der Waals surface area (Å²) in [6.07, 6.45) is -4.35. The van der Waals surface area contributed by atoms with Crippen molar-refractivity contribution in [1.29, 1.82) is 0 Å². The number of aliphatic carboxylic acids is 1. The Morgan fingerprint density at radius 2 is 1.78 bits per heavy atom. The molecule has 0 saturated carbocycles. The molecule has 0 bridgehead atoms. The molecule has 1 aliphatic rings. The standard InChI is InChI=1S/C15H18O8/c16-7-10-12(19)13(20)14(21)15(23-10)22-9-4-1-8(2-5-9)3-6-11(17)18/h1-6,10,12-16,19-21H,7H2,(H,17,18)/b6-3+/t10-,12-,13+,14+,15-/m1/s1. The lowest BCUT2D eigenvalue weighted by Crippen LogP contribution is -2.60. The van der Waals surface area contributed by atoms with Gasteiger partial charge in [-0.1, -0.05) is 12.1 Å². The van der Waals surface area contributed by atoms with Gasteiger partial charge in [0.1, 0.15) is 30.2 Å². The number of benzene rings is 1. The Labute approximate surface area is 131 Å². The van der Waals surface area contributed by atoms with Crippen molar-refractivity contribution < 1.29 is 39.8 Å². The van der Waals surface area contributed by atoms with Crippen molar-refractivity contribution >= 4 is 12.0 Å². The molecular formula is C15H18O8. The molecule has 1 saturated heterocycles. The summed E-state index contributed by atoms with van der Waals surface area (Å²) in [5.41, 5.74) is 0.633. The van der Waals surface area contributed by atoms with E-state index >= 15 is 0 Å². The smallest absolute Gasteiger partial charge is 0.328 e. The third kappa shape index (κ3) is 4.27. The van der Waals surface area contributed by atoms with Gasteiger partial charge in [0.05, 0.1) is 6.61 Å². The van der Waals surface area contributed by atoms with Gasteiger partial charge in [-0.15, -0.1) is 0 Å². The van der Waals surface area contributed by atoms with E-state index in [4.69, 9.17) is 19.7 Å². The van der Waals surface area contributed by atoms with Crippen molar-refractivity contribution in [3.8, 4) is 5.75 Å². The van der Waals surface area contributed by atoms with Gasteiger partial charge in [-0.2, -0.15) is 0 Å². The van der Waals surface area contributed by atoms with Crippen LogP contribution in [0.3, 0.4) is 0 Å². The number of aliphatic hydroxyl groups is 4. The molecule has 5 N–H and O–H groups in total. The number of hydrogen-bond acceptors (Lipinski definition) is 7. The number of aliphatic hydroxyl groups excluding tert-OH is 4. The van der Waals surface area contributed by atoms with Crippen LogP contribution >= 0.6 is 0 Å². The maximum atomic E-state index is 10.4. The Morgan fingerprint density at radius 3 is 2.35 bits per heavy atom. The first-order chi connectivity index (χ1) is 10.9. The number of rotatable bonds is 5. The molecule has 0 unspecified atom stereocenters. The molecule has 8 nitrogen and oxygen atoms in total. The number of ether oxygens (including phenoxy) is 2. The Kier molecular flexibility index (Phi) is 5.69. The molecule has 1 aromatic rings. The largest absolute Gasteiger partial charge is 0.478 e. The highest BCUT2D eigenvalue weighted by atomic mass is 16.7. The minimum atomic E-state index is -1.51. The van der Waals surface area contributed by atoms with Gasteiger partial charge in [0, 0.05) is 6.08 Å². The van der Waals surface area contributed by atoms with Crippen LogP contribution in [0.25, 0.3) is 6.08 Å². The van der Waals surface area contributed by atoms with Gasteiger partial charge >= 0.3 is 5.97 Å². The Bertz CT molecular complexity index is 553. The van der Waals surface area contributed by atoms with Gasteiger partial charge in [-0.3, -0.25) is 0 Å². The average Bonchev–Trinajstić information content (AvgIpc) is 2.54. The van der Waals surface area contributed by atoms with E-state index in [1.54, 1.807) is 12.1 Å². The molecule has 1 heterocycles. The van der Waals surface area contributed by atoms with Crippen LogP contribution in [-0.4, -0.2) is 68.8 Å². The van der Waals surface area contributed by atoms with Gasteiger partial charge in [0.25, 0.3) is 0 Å². The second-order valence-electron chi connectivity index (χ2n) is 5.06. The molecule has 23 heavy (non-hydrogen) atoms. The number of hydrogen-bond donors (Lipinski definition) is 5. The van der Waals surface area contributed by atoms with E-state index in [0.29, 0.717) is 11.3 Å². The summed E-state index contributed by atoms with van der Waals surface area (Å²) in [6.45, 7) is -0.538. The normalized spacial score (nSPS) is 31.2. The fraction of sp³-hybridized carbons (Fsp3) is 0.400. The summed E-state index contributed by atoms with van der Waals surface area (Å²) in [7, 11) is 0. The molecule has 5 atom stereocenters. The molecule has 1 fully saturated rings. The van der Waals surface area contributed by atoms with E-state index in [1.807, 2.05) is 0 Å². The van der Waals surface area contributed by atoms with Gasteiger partial charge in [0.2, 0.25) is 6.29 Å². The predicted octanol–water partition coefficient (Wildman–Crippen LogP) is -1.04. The second-order valence-corrected chi connectivity index (χ2v) is 5.06. The quantitative estimate of drug-likeness (QED) is 0.433. The van der Waals surface area contributed by atoms with Crippen molar-refractivity contribution in [3.63, 3.8) is 0 Å². The topological polar surface area (TPSA) is 137 Å². The van der Waals surface area contributed by atoms with Crippen molar-refractivity contribution in [2.75, 3.05) is 6.61 Å². The summed E-state index contributed by atoms with van der Waals surface area (Å²) >= 11 is 0. The van der Waals surface area contributed by atoms with E-state index < -0.39 is 43.3 Å². The SMILES string of the molecule is O=C(O)/C=C/c1ccc(O[C@@H]2O[C@H](CO)[C@@H](O)[C@H](O)[C@@H]2O)cc1. The highest BCUT2D eigenvalue weighted by molar-refractivity contribution is 5.85. The Hall–Kier alpha value is -1.97. The maximum absolute atomic E-state index is 10.4. The second kappa shape index (κ2) is 7.53. The molecule has 8 heteroatoms. The zero-order chi connectivity index (χ0) is 17.0. The number of carboxylic acids is 1. The van der Waals surface area contributed by atoms with Crippen LogP contribution in [0, 0.1) is 0 Å². The molecule has 0 aliphatic carbocycles. The molecule has 0 radical (unpaired) electrons. The zero-order valence-corrected chi connectivity index (χ0v) is 12.0. The van der Waals surface area contributed by atoms with Gasteiger partial charge < -0.3 is 35.0 Å². The summed E-state index contributed by atoms with van der Waals surface area (Å²) in [6, 6.07) is 6.25. The van der Waals surface area contributed by atoms with Crippen molar-refractivity contribution in [2.24, 2.45) is 0 Å². The molecule has 2 rings (SSSR count). The maximum Gasteiger partial charge on any atom is 0.328 e. The monoisotopic (exact) mass is 326 g/mol. The fourth-order valence-corrected chi connectivity index (χ4v) is 2.12. The van der Waals surface area contributed by atoms with Crippen LogP contribution in [-0.2, 0) is 9.53 Å². The molecular weight excluding hydrogens is 308 g/mol. The molecule has 126 valence electrons. The first-order valence-corrected chi connectivity index (χ1v) is 6.90. The summed E-state index contributed by atoms with van der Waals surface area (Å²) in [5, 5.41) is 46.9. The van der Waals surface area contributed by atoms with Crippen molar-refractivity contribution in [1.82, 2.24) is 0 Å². The Morgan fingerprint density at radius 1 is 1.13 bits per heavy atom. The van der Waals surface area contributed by atoms with E-state index in [-0.39, 0.29) is 0 Å². The molecule has 0 amide bonds. The zero-order valence-electron chi connectivity index (χ0n) is 12.0. The lowest BCUT2D eigenvalue weighted by Gasteiger charge is -2.39. The summed E-state index contributed by atoms with van der Waals surface area (Å²) in [5.74, 6) is -0.756. The van der Waals surface area contributed by atoms with E-state index in [9.17, 15) is 20.1 Å². The summed E-state index contributed by atoms with van der Waals surface area (Å²) in [4.78, 5) is 10.4. The first kappa shape index (κ1) is 17.4. The van der Waals surface area contributed by atoms with Crippen LogP contribution < -0.4 is 4.74 Å². The summed E-state index contributed by atoms with van der Waals surface area (Å²) < 4.78 is 10.6. The highest BCUT2D eigenvalue weighted by Gasteiger charge is 2.44. The highest BCUT2D eigenvalue weighted by Crippen LogP contribution is 2.24. The van der Waals surface area contributed by atoms with Crippen molar-refractivity contribution in [2.45, 2.75) is 30.7 Å². The minimum absolute atomic E-state index is 0.307. The fourth-order valence-electron chi connectivity index (χ4n) is 2.12. The van der Waals surface area contributed by atoms with E-state index in [1.165, 1.54) is 18.2 Å². The van der Waals surface area contributed by atoms with Crippen LogP contribution in [0.2, 0.25) is 0 Å². The predicted molar refractivity (Wildman–Crippen MR) is 77.5 cm³/mol. The minimum Gasteiger partial charge on any atom is -0.478 e. The van der Waals surface area contributed by atoms with Gasteiger partial charge in [-0.25, -0.2) is 4.79 Å². The molecule has 0 spiro atoms. The van der Waals surface area contributed by atoms with Crippen molar-refractivity contribution in [3.05, 3.63) is 35.9 Å². The number of carboxylic acid groups (broad SMARTS) is 1. The van der Waals surface area contributed by atoms with E-state index in [0.717, 1.165) is 6.08 Å². The van der Waals surface area contributed by atoms with Crippen LogP contribution in [0.4, 0.5) is 0 Å². The van der Waals surface area contributed by atoms with Crippen LogP contribution in [0.5, 0.6) is 5.75 Å². The number of carbonyl (C=O) groups is 1. The average molecular weight is 326 g/mol. The first-order valence-electron chi connectivity index (χ1n) is 6.90. The molecule has 1 aliphatic heterocycles. The van der Waals surface area contributed by atoms with Crippen LogP contribution in [0.15, 0.2) is 30.3 Å². The lowest BCUT2D eigenvalue weighted by molar-refractivity contribution is -0.277. The van der Waals surface area contributed by atoms with Crippen LogP contribution in [0.1, 0.15) is 5.56 Å². The van der Waals surface area contributed by atoms with Gasteiger partial charge in [-0.05, 0) is 23.8 Å². The third-order valence-electron chi connectivity index (χ3n) is 3.40. The van der Waals surface area contributed by atoms with Gasteiger partial charge in [0.15, 0.2) is 0 Å². The van der Waals surface area contributed by atoms with E-state index in [2.05, 4.69) is 0 Å². The Balaban J connectivity index is 2.04.